The van der Waals surface area contributed by atoms with Gasteiger partial charge in [-0.1, -0.05) is 30.5 Å². The van der Waals surface area contributed by atoms with Crippen molar-refractivity contribution in [3.63, 3.8) is 0 Å². The van der Waals surface area contributed by atoms with Crippen LogP contribution < -0.4 is 5.32 Å². The molecule has 1 aromatic rings. The van der Waals surface area contributed by atoms with E-state index in [4.69, 9.17) is 6.42 Å². The minimum Gasteiger partial charge on any atom is -0.341 e. The van der Waals surface area contributed by atoms with E-state index in [9.17, 15) is 4.79 Å². The number of benzene rings is 1. The summed E-state index contributed by atoms with van der Waals surface area (Å²) >= 11 is 0. The van der Waals surface area contributed by atoms with Gasteiger partial charge in [0.25, 0.3) is 5.91 Å². The van der Waals surface area contributed by atoms with Crippen LogP contribution in [0.3, 0.4) is 0 Å². The van der Waals surface area contributed by atoms with Gasteiger partial charge in [-0.2, -0.15) is 0 Å². The van der Waals surface area contributed by atoms with Gasteiger partial charge in [-0.05, 0) is 30.4 Å². The Morgan fingerprint density at radius 2 is 2.19 bits per heavy atom. The highest BCUT2D eigenvalue weighted by Gasteiger charge is 2.23. The summed E-state index contributed by atoms with van der Waals surface area (Å²) in [5.41, 5.74) is 1.95. The molecule has 82 valence electrons. The number of rotatable bonds is 3. The molecule has 0 heterocycles. The van der Waals surface area contributed by atoms with Crippen LogP contribution in [-0.2, 0) is 0 Å². The van der Waals surface area contributed by atoms with Crippen LogP contribution >= 0.6 is 0 Å². The predicted molar refractivity (Wildman–Crippen MR) is 64.2 cm³/mol. The van der Waals surface area contributed by atoms with Crippen molar-refractivity contribution in [1.29, 1.82) is 0 Å². The molecule has 1 aliphatic carbocycles. The number of amides is 1. The Kier molecular flexibility index (Phi) is 3.26. The normalized spacial score (nSPS) is 14.9. The van der Waals surface area contributed by atoms with Crippen molar-refractivity contribution >= 4 is 5.91 Å². The Hall–Kier alpha value is -1.75. The van der Waals surface area contributed by atoms with E-state index in [2.05, 4.69) is 17.3 Å². The Morgan fingerprint density at radius 3 is 2.81 bits per heavy atom. The zero-order valence-electron chi connectivity index (χ0n) is 9.20. The fraction of sp³-hybridized carbons (Fsp3) is 0.357. The number of hydrogen-bond acceptors (Lipinski definition) is 1. The zero-order valence-corrected chi connectivity index (χ0v) is 9.20. The van der Waals surface area contributed by atoms with Crippen LogP contribution in [0.1, 0.15) is 41.1 Å². The fourth-order valence-electron chi connectivity index (χ4n) is 2.01. The average Bonchev–Trinajstić information content (AvgIpc) is 2.24. The number of terminal acetylenes is 1. The molecule has 0 saturated heterocycles. The summed E-state index contributed by atoms with van der Waals surface area (Å²) in [6.45, 7) is 0.290. The minimum atomic E-state index is -0.0551. The summed E-state index contributed by atoms with van der Waals surface area (Å²) in [6, 6.07) is 7.81. The average molecular weight is 213 g/mol. The number of carbonyl (C=O) groups is 1. The second kappa shape index (κ2) is 4.85. The highest BCUT2D eigenvalue weighted by Crippen LogP contribution is 2.37. The summed E-state index contributed by atoms with van der Waals surface area (Å²) in [7, 11) is 0. The number of nitrogens with one attached hydrogen (secondary N) is 1. The lowest BCUT2D eigenvalue weighted by Gasteiger charge is -2.27. The molecule has 1 saturated carbocycles. The standard InChI is InChI=1S/C14H15NO/c1-2-10-15-14(16)13-9-4-3-8-12(13)11-6-5-7-11/h1,3-4,8-9,11H,5-7,10H2,(H,15,16). The van der Waals surface area contributed by atoms with Gasteiger partial charge in [0.1, 0.15) is 0 Å². The Bertz CT molecular complexity index is 427. The van der Waals surface area contributed by atoms with Crippen LogP contribution in [0.2, 0.25) is 0 Å². The van der Waals surface area contributed by atoms with Gasteiger partial charge in [-0.25, -0.2) is 0 Å². The summed E-state index contributed by atoms with van der Waals surface area (Å²) in [5, 5.41) is 2.72. The molecule has 2 rings (SSSR count). The van der Waals surface area contributed by atoms with E-state index in [1.807, 2.05) is 18.2 Å². The van der Waals surface area contributed by atoms with Crippen LogP contribution in [0.5, 0.6) is 0 Å². The van der Waals surface area contributed by atoms with E-state index in [0.29, 0.717) is 5.92 Å². The van der Waals surface area contributed by atoms with Crippen LogP contribution in [0.25, 0.3) is 0 Å². The molecule has 1 aliphatic rings. The van der Waals surface area contributed by atoms with Crippen molar-refractivity contribution in [1.82, 2.24) is 5.32 Å². The van der Waals surface area contributed by atoms with E-state index in [0.717, 1.165) is 5.56 Å². The molecule has 0 atom stereocenters. The SMILES string of the molecule is C#CCNC(=O)c1ccccc1C1CCC1. The van der Waals surface area contributed by atoms with Gasteiger partial charge in [0.05, 0.1) is 6.54 Å². The molecule has 0 unspecified atom stereocenters. The van der Waals surface area contributed by atoms with E-state index in [-0.39, 0.29) is 12.5 Å². The first-order valence-corrected chi connectivity index (χ1v) is 5.63. The molecule has 1 amide bonds. The molecule has 1 aromatic carbocycles. The summed E-state index contributed by atoms with van der Waals surface area (Å²) in [6.07, 6.45) is 8.78. The number of carbonyl (C=O) groups excluding carboxylic acids is 1. The molecule has 0 aliphatic heterocycles. The van der Waals surface area contributed by atoms with Crippen molar-refractivity contribution < 1.29 is 4.79 Å². The Morgan fingerprint density at radius 1 is 1.44 bits per heavy atom. The van der Waals surface area contributed by atoms with Gasteiger partial charge in [-0.15, -0.1) is 6.42 Å². The molecule has 2 heteroatoms. The highest BCUT2D eigenvalue weighted by molar-refractivity contribution is 5.96. The lowest BCUT2D eigenvalue weighted by molar-refractivity contribution is 0.0956. The molecule has 2 nitrogen and oxygen atoms in total. The van der Waals surface area contributed by atoms with Crippen LogP contribution in [0, 0.1) is 12.3 Å². The first-order chi connectivity index (χ1) is 7.83. The molecule has 0 bridgehead atoms. The first kappa shape index (κ1) is 10.8. The van der Waals surface area contributed by atoms with Crippen molar-refractivity contribution in [2.45, 2.75) is 25.2 Å². The molecular formula is C14H15NO. The zero-order chi connectivity index (χ0) is 11.4. The monoisotopic (exact) mass is 213 g/mol. The summed E-state index contributed by atoms with van der Waals surface area (Å²) in [4.78, 5) is 11.9. The van der Waals surface area contributed by atoms with E-state index in [1.54, 1.807) is 0 Å². The summed E-state index contributed by atoms with van der Waals surface area (Å²) < 4.78 is 0. The lowest BCUT2D eigenvalue weighted by Crippen LogP contribution is -2.26. The maximum absolute atomic E-state index is 11.9. The van der Waals surface area contributed by atoms with Crippen LogP contribution in [-0.4, -0.2) is 12.5 Å². The third kappa shape index (κ3) is 2.09. The van der Waals surface area contributed by atoms with Crippen LogP contribution in [0.4, 0.5) is 0 Å². The fourth-order valence-corrected chi connectivity index (χ4v) is 2.01. The highest BCUT2D eigenvalue weighted by atomic mass is 16.1. The molecule has 0 radical (unpaired) electrons. The molecule has 16 heavy (non-hydrogen) atoms. The molecular weight excluding hydrogens is 198 g/mol. The van der Waals surface area contributed by atoms with E-state index in [1.165, 1.54) is 24.8 Å². The first-order valence-electron chi connectivity index (χ1n) is 5.63. The quantitative estimate of drug-likeness (QED) is 0.767. The van der Waals surface area contributed by atoms with Gasteiger partial charge in [0, 0.05) is 5.56 Å². The number of hydrogen-bond donors (Lipinski definition) is 1. The third-order valence-electron chi connectivity index (χ3n) is 3.10. The van der Waals surface area contributed by atoms with Gasteiger partial charge in [0.15, 0.2) is 0 Å². The maximum Gasteiger partial charge on any atom is 0.252 e. The Balaban J connectivity index is 2.19. The van der Waals surface area contributed by atoms with E-state index < -0.39 is 0 Å². The molecule has 0 spiro atoms. The molecule has 1 N–H and O–H groups in total. The molecule has 1 fully saturated rings. The minimum absolute atomic E-state index is 0.0551. The third-order valence-corrected chi connectivity index (χ3v) is 3.10. The Labute approximate surface area is 96.1 Å². The van der Waals surface area contributed by atoms with Gasteiger partial charge in [0.2, 0.25) is 0 Å². The van der Waals surface area contributed by atoms with Crippen molar-refractivity contribution in [3.8, 4) is 12.3 Å². The van der Waals surface area contributed by atoms with E-state index >= 15 is 0 Å². The lowest BCUT2D eigenvalue weighted by atomic mass is 9.78. The predicted octanol–water partition coefficient (Wildman–Crippen LogP) is 2.32. The second-order valence-corrected chi connectivity index (χ2v) is 4.10. The second-order valence-electron chi connectivity index (χ2n) is 4.10. The van der Waals surface area contributed by atoms with Gasteiger partial charge in [-0.3, -0.25) is 4.79 Å². The van der Waals surface area contributed by atoms with Gasteiger partial charge < -0.3 is 5.32 Å². The van der Waals surface area contributed by atoms with Crippen LogP contribution in [0.15, 0.2) is 24.3 Å². The molecule has 0 aromatic heterocycles. The van der Waals surface area contributed by atoms with Crippen molar-refractivity contribution in [2.75, 3.05) is 6.54 Å². The smallest absolute Gasteiger partial charge is 0.252 e. The maximum atomic E-state index is 11.9. The van der Waals surface area contributed by atoms with Crippen molar-refractivity contribution in [2.24, 2.45) is 0 Å². The largest absolute Gasteiger partial charge is 0.341 e. The summed E-state index contributed by atoms with van der Waals surface area (Å²) in [5.74, 6) is 2.92. The van der Waals surface area contributed by atoms with Gasteiger partial charge >= 0.3 is 0 Å². The van der Waals surface area contributed by atoms with Crippen molar-refractivity contribution in [3.05, 3.63) is 35.4 Å². The topological polar surface area (TPSA) is 29.1 Å².